The molecule has 0 heterocycles. The second-order valence-electron chi connectivity index (χ2n) is 5.71. The number of carbonyl (C=O) groups excluding carboxylic acids is 2. The zero-order valence-electron chi connectivity index (χ0n) is 14.9. The van der Waals surface area contributed by atoms with Crippen molar-refractivity contribution >= 4 is 46.4 Å². The smallest absolute Gasteiger partial charge is 0.251 e. The summed E-state index contributed by atoms with van der Waals surface area (Å²) in [7, 11) is 1.62. The fraction of sp³-hybridized carbons (Fsp3) is 0.263. The standard InChI is InChI=1S/C19H21Cl2N3O3/c1-27-10-2-9-22-19(26)13-3-6-15(7-4-13)24-18(25)12-23-17-8-5-14(20)11-16(17)21/h3-8,11,23H,2,9-10,12H2,1H3,(H,22,26)(H,24,25). The van der Waals surface area contributed by atoms with Crippen LogP contribution in [0.4, 0.5) is 11.4 Å². The minimum atomic E-state index is -0.238. The lowest BCUT2D eigenvalue weighted by Gasteiger charge is -2.10. The molecule has 0 aliphatic carbocycles. The van der Waals surface area contributed by atoms with Crippen LogP contribution in [0.25, 0.3) is 0 Å². The van der Waals surface area contributed by atoms with Gasteiger partial charge in [-0.25, -0.2) is 0 Å². The first kappa shape index (κ1) is 21.0. The van der Waals surface area contributed by atoms with Crippen LogP contribution < -0.4 is 16.0 Å². The highest BCUT2D eigenvalue weighted by Crippen LogP contribution is 2.25. The van der Waals surface area contributed by atoms with E-state index in [1.54, 1.807) is 49.6 Å². The molecule has 0 unspecified atom stereocenters. The molecule has 0 aliphatic rings. The van der Waals surface area contributed by atoms with E-state index in [-0.39, 0.29) is 18.4 Å². The summed E-state index contributed by atoms with van der Waals surface area (Å²) in [5, 5.41) is 9.47. The lowest BCUT2D eigenvalue weighted by molar-refractivity contribution is -0.114. The molecule has 0 spiro atoms. The van der Waals surface area contributed by atoms with E-state index < -0.39 is 0 Å². The molecule has 2 rings (SSSR count). The van der Waals surface area contributed by atoms with Crippen LogP contribution in [0.5, 0.6) is 0 Å². The van der Waals surface area contributed by atoms with Crippen molar-refractivity contribution < 1.29 is 14.3 Å². The molecule has 0 fully saturated rings. The lowest BCUT2D eigenvalue weighted by Crippen LogP contribution is -2.25. The summed E-state index contributed by atoms with van der Waals surface area (Å²) < 4.78 is 4.93. The van der Waals surface area contributed by atoms with Crippen LogP contribution in [-0.2, 0) is 9.53 Å². The summed E-state index contributed by atoms with van der Waals surface area (Å²) in [5.41, 5.74) is 1.74. The van der Waals surface area contributed by atoms with Crippen molar-refractivity contribution in [2.75, 3.05) is 37.4 Å². The van der Waals surface area contributed by atoms with Crippen molar-refractivity contribution in [1.82, 2.24) is 5.32 Å². The number of halogens is 2. The van der Waals surface area contributed by atoms with E-state index in [9.17, 15) is 9.59 Å². The molecule has 0 bridgehead atoms. The van der Waals surface area contributed by atoms with Crippen LogP contribution in [0, 0.1) is 0 Å². The van der Waals surface area contributed by atoms with Gasteiger partial charge in [0.25, 0.3) is 5.91 Å². The summed E-state index contributed by atoms with van der Waals surface area (Å²) >= 11 is 11.9. The van der Waals surface area contributed by atoms with Gasteiger partial charge in [-0.3, -0.25) is 9.59 Å². The number of carbonyl (C=O) groups is 2. The molecule has 27 heavy (non-hydrogen) atoms. The number of methoxy groups -OCH3 is 1. The van der Waals surface area contributed by atoms with Crippen LogP contribution in [0.15, 0.2) is 42.5 Å². The molecule has 0 saturated heterocycles. The maximum atomic E-state index is 12.1. The summed E-state index contributed by atoms with van der Waals surface area (Å²) in [6.45, 7) is 1.19. The molecule has 3 N–H and O–H groups in total. The third-order valence-corrected chi connectivity index (χ3v) is 4.16. The van der Waals surface area contributed by atoms with Crippen LogP contribution in [0.1, 0.15) is 16.8 Å². The van der Waals surface area contributed by atoms with Gasteiger partial charge < -0.3 is 20.7 Å². The quantitative estimate of drug-likeness (QED) is 0.550. The van der Waals surface area contributed by atoms with Crippen LogP contribution in [0.2, 0.25) is 10.0 Å². The number of ether oxygens (including phenoxy) is 1. The average molecular weight is 410 g/mol. The van der Waals surface area contributed by atoms with E-state index in [0.29, 0.717) is 40.1 Å². The van der Waals surface area contributed by atoms with Crippen molar-refractivity contribution in [1.29, 1.82) is 0 Å². The van der Waals surface area contributed by atoms with E-state index >= 15 is 0 Å². The molecule has 6 nitrogen and oxygen atoms in total. The molecule has 0 aliphatic heterocycles. The van der Waals surface area contributed by atoms with E-state index in [0.717, 1.165) is 6.42 Å². The second kappa shape index (κ2) is 10.8. The maximum absolute atomic E-state index is 12.1. The van der Waals surface area contributed by atoms with Gasteiger partial charge in [0, 0.05) is 36.5 Å². The first-order chi connectivity index (χ1) is 13.0. The number of nitrogens with one attached hydrogen (secondary N) is 3. The van der Waals surface area contributed by atoms with Crippen molar-refractivity contribution in [3.05, 3.63) is 58.1 Å². The molecule has 144 valence electrons. The molecule has 2 amide bonds. The Morgan fingerprint density at radius 3 is 2.48 bits per heavy atom. The van der Waals surface area contributed by atoms with Crippen LogP contribution in [0.3, 0.4) is 0 Å². The summed E-state index contributed by atoms with van der Waals surface area (Å²) in [5.74, 6) is -0.402. The third-order valence-electron chi connectivity index (χ3n) is 3.61. The minimum Gasteiger partial charge on any atom is -0.385 e. The first-order valence-corrected chi connectivity index (χ1v) is 9.11. The van der Waals surface area contributed by atoms with Crippen molar-refractivity contribution in [2.45, 2.75) is 6.42 Å². The van der Waals surface area contributed by atoms with E-state index in [1.807, 2.05) is 0 Å². The third kappa shape index (κ3) is 7.09. The van der Waals surface area contributed by atoms with Gasteiger partial charge in [-0.2, -0.15) is 0 Å². The molecule has 2 aromatic rings. The topological polar surface area (TPSA) is 79.5 Å². The monoisotopic (exact) mass is 409 g/mol. The minimum absolute atomic E-state index is 0.0447. The van der Waals surface area contributed by atoms with Crippen LogP contribution >= 0.6 is 23.2 Å². The van der Waals surface area contributed by atoms with Crippen LogP contribution in [-0.4, -0.2) is 38.6 Å². The Bertz CT molecular complexity index is 782. The first-order valence-electron chi connectivity index (χ1n) is 8.35. The van der Waals surface area contributed by atoms with Gasteiger partial charge in [0.1, 0.15) is 0 Å². The highest BCUT2D eigenvalue weighted by atomic mass is 35.5. The lowest BCUT2D eigenvalue weighted by atomic mass is 10.2. The number of hydrogen-bond acceptors (Lipinski definition) is 4. The summed E-state index contributed by atoms with van der Waals surface area (Å²) in [6, 6.07) is 11.7. The zero-order chi connectivity index (χ0) is 19.6. The molecule has 8 heteroatoms. The van der Waals surface area contributed by atoms with Gasteiger partial charge in [-0.1, -0.05) is 23.2 Å². The Balaban J connectivity index is 1.81. The number of rotatable bonds is 9. The van der Waals surface area contributed by atoms with Gasteiger partial charge in [-0.15, -0.1) is 0 Å². The molecular formula is C19H21Cl2N3O3. The SMILES string of the molecule is COCCCNC(=O)c1ccc(NC(=O)CNc2ccc(Cl)cc2Cl)cc1. The van der Waals surface area contributed by atoms with Gasteiger partial charge >= 0.3 is 0 Å². The Kier molecular flexibility index (Phi) is 8.39. The highest BCUT2D eigenvalue weighted by molar-refractivity contribution is 6.36. The predicted molar refractivity (Wildman–Crippen MR) is 109 cm³/mol. The van der Waals surface area contributed by atoms with E-state index in [2.05, 4.69) is 16.0 Å². The molecule has 0 saturated carbocycles. The fourth-order valence-electron chi connectivity index (χ4n) is 2.24. The van der Waals surface area contributed by atoms with Gasteiger partial charge in [0.05, 0.1) is 17.3 Å². The molecule has 2 aromatic carbocycles. The van der Waals surface area contributed by atoms with Crippen molar-refractivity contribution in [3.63, 3.8) is 0 Å². The van der Waals surface area contributed by atoms with Gasteiger partial charge in [0.2, 0.25) is 5.91 Å². The number of hydrogen-bond donors (Lipinski definition) is 3. The maximum Gasteiger partial charge on any atom is 0.251 e. The Hall–Kier alpha value is -2.28. The van der Waals surface area contributed by atoms with Gasteiger partial charge in [-0.05, 0) is 48.9 Å². The normalized spacial score (nSPS) is 10.3. The molecule has 0 atom stereocenters. The Labute approximate surface area is 168 Å². The Morgan fingerprint density at radius 1 is 1.07 bits per heavy atom. The number of anilines is 2. The van der Waals surface area contributed by atoms with E-state index in [4.69, 9.17) is 27.9 Å². The fourth-order valence-corrected chi connectivity index (χ4v) is 2.71. The molecule has 0 radical (unpaired) electrons. The van der Waals surface area contributed by atoms with E-state index in [1.165, 1.54) is 0 Å². The number of benzene rings is 2. The van der Waals surface area contributed by atoms with Gasteiger partial charge in [0.15, 0.2) is 0 Å². The highest BCUT2D eigenvalue weighted by Gasteiger charge is 2.07. The number of amides is 2. The second-order valence-corrected chi connectivity index (χ2v) is 6.55. The average Bonchev–Trinajstić information content (AvgIpc) is 2.65. The molecule has 0 aromatic heterocycles. The summed E-state index contributed by atoms with van der Waals surface area (Å²) in [6.07, 6.45) is 0.751. The van der Waals surface area contributed by atoms with Crippen molar-refractivity contribution in [2.24, 2.45) is 0 Å². The Morgan fingerprint density at radius 2 is 1.81 bits per heavy atom. The molecular weight excluding hydrogens is 389 g/mol. The zero-order valence-corrected chi connectivity index (χ0v) is 16.4. The predicted octanol–water partition coefficient (Wildman–Crippen LogP) is 3.81. The largest absolute Gasteiger partial charge is 0.385 e. The van der Waals surface area contributed by atoms with Crippen molar-refractivity contribution in [3.8, 4) is 0 Å². The summed E-state index contributed by atoms with van der Waals surface area (Å²) in [4.78, 5) is 24.0.